The van der Waals surface area contributed by atoms with Crippen molar-refractivity contribution >= 4 is 12.4 Å². The standard InChI is InChI=1S/C10H13NO2.ClH/c11-10(6-1-2-6)8-4-3-7(12)5-9(8)13;/h3-6,10,12-13H,1-2,11H2;1H/t10-;/m1./s1. The van der Waals surface area contributed by atoms with Crippen LogP contribution in [0.25, 0.3) is 0 Å². The topological polar surface area (TPSA) is 66.5 Å². The normalized spacial score (nSPS) is 17.2. The Kier molecular flexibility index (Phi) is 3.24. The van der Waals surface area contributed by atoms with Gasteiger partial charge in [0.05, 0.1) is 0 Å². The second-order valence-corrected chi connectivity index (χ2v) is 3.61. The lowest BCUT2D eigenvalue weighted by molar-refractivity contribution is 0.438. The first kappa shape index (κ1) is 11.1. The van der Waals surface area contributed by atoms with Crippen LogP contribution in [0.3, 0.4) is 0 Å². The zero-order chi connectivity index (χ0) is 9.42. The molecule has 4 heteroatoms. The van der Waals surface area contributed by atoms with Gasteiger partial charge in [0.1, 0.15) is 11.5 Å². The molecule has 1 aliphatic carbocycles. The summed E-state index contributed by atoms with van der Waals surface area (Å²) in [5.74, 6) is 0.680. The van der Waals surface area contributed by atoms with E-state index in [1.54, 1.807) is 12.1 Å². The average Bonchev–Trinajstić information content (AvgIpc) is 2.85. The molecule has 0 aliphatic heterocycles. The average molecular weight is 216 g/mol. The molecule has 0 saturated heterocycles. The molecule has 0 bridgehead atoms. The predicted octanol–water partition coefficient (Wildman–Crippen LogP) is 1.93. The third kappa shape index (κ3) is 2.11. The number of nitrogens with two attached hydrogens (primary N) is 1. The van der Waals surface area contributed by atoms with Crippen molar-refractivity contribution in [2.45, 2.75) is 18.9 Å². The Morgan fingerprint density at radius 3 is 2.43 bits per heavy atom. The fourth-order valence-corrected chi connectivity index (χ4v) is 1.52. The first-order chi connectivity index (χ1) is 6.18. The molecule has 1 aliphatic rings. The molecule has 0 unspecified atom stereocenters. The molecule has 2 rings (SSSR count). The smallest absolute Gasteiger partial charge is 0.124 e. The zero-order valence-electron chi connectivity index (χ0n) is 7.68. The van der Waals surface area contributed by atoms with Gasteiger partial charge in [-0.25, -0.2) is 0 Å². The van der Waals surface area contributed by atoms with E-state index in [1.807, 2.05) is 0 Å². The van der Waals surface area contributed by atoms with E-state index >= 15 is 0 Å². The maximum Gasteiger partial charge on any atom is 0.124 e. The Morgan fingerprint density at radius 2 is 1.93 bits per heavy atom. The van der Waals surface area contributed by atoms with Crippen LogP contribution in [0.1, 0.15) is 24.4 Å². The minimum absolute atomic E-state index is 0. The predicted molar refractivity (Wildman–Crippen MR) is 56.7 cm³/mol. The van der Waals surface area contributed by atoms with Crippen LogP contribution in [0, 0.1) is 5.92 Å². The Balaban J connectivity index is 0.000000980. The number of rotatable bonds is 2. The third-order valence-electron chi connectivity index (χ3n) is 2.50. The summed E-state index contributed by atoms with van der Waals surface area (Å²) >= 11 is 0. The highest BCUT2D eigenvalue weighted by Gasteiger charge is 2.30. The van der Waals surface area contributed by atoms with Gasteiger partial charge in [0.2, 0.25) is 0 Å². The summed E-state index contributed by atoms with van der Waals surface area (Å²) < 4.78 is 0. The maximum absolute atomic E-state index is 9.50. The summed E-state index contributed by atoms with van der Waals surface area (Å²) in [6.45, 7) is 0. The zero-order valence-corrected chi connectivity index (χ0v) is 8.50. The van der Waals surface area contributed by atoms with Gasteiger partial charge in [-0.3, -0.25) is 0 Å². The molecule has 1 aromatic carbocycles. The van der Waals surface area contributed by atoms with Crippen LogP contribution >= 0.6 is 12.4 Å². The van der Waals surface area contributed by atoms with Crippen molar-refractivity contribution in [1.29, 1.82) is 0 Å². The number of hydrogen-bond acceptors (Lipinski definition) is 3. The van der Waals surface area contributed by atoms with Gasteiger partial charge in [-0.1, -0.05) is 6.07 Å². The molecular formula is C10H14ClNO2. The van der Waals surface area contributed by atoms with E-state index in [4.69, 9.17) is 10.8 Å². The number of phenolic OH excluding ortho intramolecular Hbond substituents is 2. The van der Waals surface area contributed by atoms with Gasteiger partial charge < -0.3 is 15.9 Å². The molecule has 0 aromatic heterocycles. The molecule has 1 fully saturated rings. The molecule has 1 atom stereocenters. The van der Waals surface area contributed by atoms with E-state index in [0.717, 1.165) is 18.4 Å². The lowest BCUT2D eigenvalue weighted by Gasteiger charge is -2.12. The molecular weight excluding hydrogens is 202 g/mol. The van der Waals surface area contributed by atoms with Crippen LogP contribution in [0.15, 0.2) is 18.2 Å². The van der Waals surface area contributed by atoms with E-state index in [1.165, 1.54) is 6.07 Å². The van der Waals surface area contributed by atoms with Crippen LogP contribution in [0.4, 0.5) is 0 Å². The van der Waals surface area contributed by atoms with Crippen molar-refractivity contribution in [3.8, 4) is 11.5 Å². The van der Waals surface area contributed by atoms with Gasteiger partial charge in [0.25, 0.3) is 0 Å². The molecule has 0 amide bonds. The summed E-state index contributed by atoms with van der Waals surface area (Å²) in [6, 6.07) is 4.49. The van der Waals surface area contributed by atoms with Crippen LogP contribution in [-0.2, 0) is 0 Å². The molecule has 0 radical (unpaired) electrons. The van der Waals surface area contributed by atoms with Gasteiger partial charge in [0, 0.05) is 17.7 Å². The summed E-state index contributed by atoms with van der Waals surface area (Å²) in [7, 11) is 0. The second kappa shape index (κ2) is 4.07. The molecule has 3 nitrogen and oxygen atoms in total. The summed E-state index contributed by atoms with van der Waals surface area (Å²) in [5.41, 5.74) is 6.65. The van der Waals surface area contributed by atoms with Crippen molar-refractivity contribution in [3.05, 3.63) is 23.8 Å². The van der Waals surface area contributed by atoms with E-state index < -0.39 is 0 Å². The van der Waals surface area contributed by atoms with Crippen molar-refractivity contribution in [3.63, 3.8) is 0 Å². The number of benzene rings is 1. The molecule has 1 saturated carbocycles. The summed E-state index contributed by atoms with van der Waals surface area (Å²) in [5, 5.41) is 18.6. The molecule has 1 aromatic rings. The van der Waals surface area contributed by atoms with Crippen molar-refractivity contribution in [2.24, 2.45) is 11.7 Å². The number of phenols is 2. The van der Waals surface area contributed by atoms with Gasteiger partial charge in [0.15, 0.2) is 0 Å². The van der Waals surface area contributed by atoms with Gasteiger partial charge >= 0.3 is 0 Å². The Bertz CT molecular complexity index is 326. The van der Waals surface area contributed by atoms with Crippen molar-refractivity contribution < 1.29 is 10.2 Å². The van der Waals surface area contributed by atoms with Crippen molar-refractivity contribution in [2.75, 3.05) is 0 Å². The maximum atomic E-state index is 9.50. The first-order valence-corrected chi connectivity index (χ1v) is 4.46. The number of hydrogen-bond donors (Lipinski definition) is 3. The molecule has 0 spiro atoms. The van der Waals surface area contributed by atoms with E-state index in [0.29, 0.717) is 5.92 Å². The van der Waals surface area contributed by atoms with Gasteiger partial charge in [-0.15, -0.1) is 12.4 Å². The lowest BCUT2D eigenvalue weighted by Crippen LogP contribution is -2.12. The largest absolute Gasteiger partial charge is 0.508 e. The highest BCUT2D eigenvalue weighted by molar-refractivity contribution is 5.85. The molecule has 78 valence electrons. The highest BCUT2D eigenvalue weighted by atomic mass is 35.5. The van der Waals surface area contributed by atoms with E-state index in [9.17, 15) is 5.11 Å². The fourth-order valence-electron chi connectivity index (χ4n) is 1.52. The summed E-state index contributed by atoms with van der Waals surface area (Å²) in [4.78, 5) is 0. The van der Waals surface area contributed by atoms with Gasteiger partial charge in [-0.05, 0) is 24.8 Å². The SMILES string of the molecule is Cl.N[C@@H](c1ccc(O)cc1O)C1CC1. The fraction of sp³-hybridized carbons (Fsp3) is 0.400. The second-order valence-electron chi connectivity index (χ2n) is 3.61. The van der Waals surface area contributed by atoms with Crippen LogP contribution in [0.5, 0.6) is 11.5 Å². The monoisotopic (exact) mass is 215 g/mol. The molecule has 14 heavy (non-hydrogen) atoms. The Labute approximate surface area is 89.0 Å². The number of aromatic hydroxyl groups is 2. The highest BCUT2D eigenvalue weighted by Crippen LogP contribution is 2.42. The summed E-state index contributed by atoms with van der Waals surface area (Å²) in [6.07, 6.45) is 2.28. The minimum atomic E-state index is -0.0828. The quantitative estimate of drug-likeness (QED) is 0.706. The third-order valence-corrected chi connectivity index (χ3v) is 2.50. The van der Waals surface area contributed by atoms with Crippen LogP contribution in [0.2, 0.25) is 0 Å². The molecule has 0 heterocycles. The minimum Gasteiger partial charge on any atom is -0.508 e. The van der Waals surface area contributed by atoms with Crippen molar-refractivity contribution in [1.82, 2.24) is 0 Å². The van der Waals surface area contributed by atoms with E-state index in [2.05, 4.69) is 0 Å². The Hall–Kier alpha value is -0.930. The van der Waals surface area contributed by atoms with Crippen LogP contribution in [-0.4, -0.2) is 10.2 Å². The number of halogens is 1. The Morgan fingerprint density at radius 1 is 1.29 bits per heavy atom. The van der Waals surface area contributed by atoms with Gasteiger partial charge in [-0.2, -0.15) is 0 Å². The lowest BCUT2D eigenvalue weighted by atomic mass is 10.0. The van der Waals surface area contributed by atoms with E-state index in [-0.39, 0.29) is 29.9 Å². The first-order valence-electron chi connectivity index (χ1n) is 4.46. The van der Waals surface area contributed by atoms with Crippen LogP contribution < -0.4 is 5.73 Å². The molecule has 4 N–H and O–H groups in total.